The van der Waals surface area contributed by atoms with Gasteiger partial charge in [0.25, 0.3) is 0 Å². The summed E-state index contributed by atoms with van der Waals surface area (Å²) in [5.74, 6) is -0.799. The summed E-state index contributed by atoms with van der Waals surface area (Å²) in [4.78, 5) is 25.8. The zero-order valence-corrected chi connectivity index (χ0v) is 17.3. The first-order valence-corrected chi connectivity index (χ1v) is 10.0. The molecule has 0 bridgehead atoms. The lowest BCUT2D eigenvalue weighted by molar-refractivity contribution is -0.128. The number of carbonyl (C=O) groups is 2. The Morgan fingerprint density at radius 1 is 1.12 bits per heavy atom. The summed E-state index contributed by atoms with van der Waals surface area (Å²) >= 11 is 0. The van der Waals surface area contributed by atoms with Crippen LogP contribution in [-0.4, -0.2) is 28.3 Å². The van der Waals surface area contributed by atoms with Crippen molar-refractivity contribution < 1.29 is 14.7 Å². The van der Waals surface area contributed by atoms with Crippen molar-refractivity contribution in [2.45, 2.75) is 85.3 Å². The first-order valence-electron chi connectivity index (χ1n) is 10.0. The van der Waals surface area contributed by atoms with E-state index in [2.05, 4.69) is 27.7 Å². The molecular formula is C21H38N2O3. The second-order valence-corrected chi connectivity index (χ2v) is 8.75. The van der Waals surface area contributed by atoms with Gasteiger partial charge in [-0.05, 0) is 37.5 Å². The second kappa shape index (κ2) is 9.14. The van der Waals surface area contributed by atoms with Gasteiger partial charge in [-0.2, -0.15) is 0 Å². The van der Waals surface area contributed by atoms with Crippen LogP contribution in [-0.2, 0) is 9.59 Å². The normalized spacial score (nSPS) is 26.1. The van der Waals surface area contributed by atoms with E-state index in [0.29, 0.717) is 31.1 Å². The minimum atomic E-state index is -1.63. The third kappa shape index (κ3) is 4.55. The molecule has 0 aliphatic heterocycles. The SMILES string of the molecule is CCC(C)C(=O)C1=C(N)[C@@](O)(C(N)CCC(C)C)[C@@H](CCC(C)C)C1=O. The van der Waals surface area contributed by atoms with Crippen LogP contribution < -0.4 is 11.5 Å². The van der Waals surface area contributed by atoms with Crippen molar-refractivity contribution in [2.24, 2.45) is 35.1 Å². The van der Waals surface area contributed by atoms with Crippen molar-refractivity contribution in [2.75, 3.05) is 0 Å². The molecule has 5 heteroatoms. The smallest absolute Gasteiger partial charge is 0.174 e. The fourth-order valence-electron chi connectivity index (χ4n) is 3.62. The molecule has 150 valence electrons. The molecule has 5 nitrogen and oxygen atoms in total. The van der Waals surface area contributed by atoms with E-state index >= 15 is 0 Å². The topological polar surface area (TPSA) is 106 Å². The monoisotopic (exact) mass is 366 g/mol. The highest BCUT2D eigenvalue weighted by atomic mass is 16.3. The van der Waals surface area contributed by atoms with E-state index in [0.717, 1.165) is 12.8 Å². The highest BCUT2D eigenvalue weighted by Gasteiger charge is 2.56. The number of aliphatic hydroxyl groups is 1. The molecule has 1 aliphatic rings. The molecule has 0 fully saturated rings. The number of hydrogen-bond acceptors (Lipinski definition) is 5. The molecular weight excluding hydrogens is 328 g/mol. The summed E-state index contributed by atoms with van der Waals surface area (Å²) in [6.45, 7) is 12.0. The quantitative estimate of drug-likeness (QED) is 0.515. The summed E-state index contributed by atoms with van der Waals surface area (Å²) in [5, 5.41) is 11.5. The summed E-state index contributed by atoms with van der Waals surface area (Å²) in [5.41, 5.74) is 11.0. The van der Waals surface area contributed by atoms with Gasteiger partial charge in [0.1, 0.15) is 5.60 Å². The third-order valence-corrected chi connectivity index (χ3v) is 5.75. The second-order valence-electron chi connectivity index (χ2n) is 8.75. The van der Waals surface area contributed by atoms with Crippen LogP contribution in [0.2, 0.25) is 0 Å². The standard InChI is InChI=1S/C21H38N2O3/c1-7-14(6)18(24)17-19(25)15(10-8-12(2)3)21(26,20(17)23)16(22)11-9-13(4)5/h12-16,26H,7-11,22-23H2,1-6H3/t14?,15-,16?,21-/m0/s1. The van der Waals surface area contributed by atoms with Crippen molar-refractivity contribution in [3.8, 4) is 0 Å². The predicted octanol–water partition coefficient (Wildman–Crippen LogP) is 2.94. The average molecular weight is 367 g/mol. The van der Waals surface area contributed by atoms with E-state index in [1.807, 2.05) is 6.92 Å². The van der Waals surface area contributed by atoms with Crippen LogP contribution in [0.1, 0.15) is 73.6 Å². The predicted molar refractivity (Wildman–Crippen MR) is 105 cm³/mol. The summed E-state index contributed by atoms with van der Waals surface area (Å²) in [6, 6.07) is -0.659. The number of ketones is 2. The Hall–Kier alpha value is -1.20. The molecule has 0 aromatic heterocycles. The van der Waals surface area contributed by atoms with Gasteiger partial charge in [0.05, 0.1) is 17.2 Å². The fourth-order valence-corrected chi connectivity index (χ4v) is 3.62. The number of rotatable bonds is 10. The Balaban J connectivity index is 3.29. The third-order valence-electron chi connectivity index (χ3n) is 5.75. The van der Waals surface area contributed by atoms with Crippen LogP contribution in [0.5, 0.6) is 0 Å². The number of hydrogen-bond donors (Lipinski definition) is 3. The van der Waals surface area contributed by atoms with Crippen molar-refractivity contribution >= 4 is 11.6 Å². The molecule has 0 amide bonds. The zero-order valence-electron chi connectivity index (χ0n) is 17.3. The van der Waals surface area contributed by atoms with E-state index in [1.54, 1.807) is 6.92 Å². The maximum atomic E-state index is 13.1. The molecule has 0 radical (unpaired) electrons. The van der Waals surface area contributed by atoms with Crippen LogP contribution in [0, 0.1) is 23.7 Å². The minimum absolute atomic E-state index is 0.00203. The lowest BCUT2D eigenvalue weighted by atomic mass is 9.76. The Morgan fingerprint density at radius 3 is 2.12 bits per heavy atom. The van der Waals surface area contributed by atoms with Crippen LogP contribution in [0.3, 0.4) is 0 Å². The molecule has 0 saturated carbocycles. The van der Waals surface area contributed by atoms with Gasteiger partial charge in [-0.3, -0.25) is 9.59 Å². The molecule has 26 heavy (non-hydrogen) atoms. The fraction of sp³-hybridized carbons (Fsp3) is 0.810. The number of Topliss-reactive ketones (excluding diaryl/α,β-unsaturated/α-hetero) is 2. The molecule has 0 aromatic rings. The molecule has 0 saturated heterocycles. The highest BCUT2D eigenvalue weighted by molar-refractivity contribution is 6.24. The lowest BCUT2D eigenvalue weighted by Gasteiger charge is -2.36. The van der Waals surface area contributed by atoms with Crippen LogP contribution in [0.4, 0.5) is 0 Å². The molecule has 0 spiro atoms. The van der Waals surface area contributed by atoms with Crippen molar-refractivity contribution in [1.29, 1.82) is 0 Å². The number of carbonyl (C=O) groups excluding carboxylic acids is 2. The average Bonchev–Trinajstić information content (AvgIpc) is 2.76. The van der Waals surface area contributed by atoms with E-state index in [4.69, 9.17) is 11.5 Å². The summed E-state index contributed by atoms with van der Waals surface area (Å²) in [7, 11) is 0. The first-order chi connectivity index (χ1) is 12.0. The molecule has 1 aliphatic carbocycles. The van der Waals surface area contributed by atoms with Gasteiger partial charge in [0, 0.05) is 12.0 Å². The molecule has 5 N–H and O–H groups in total. The van der Waals surface area contributed by atoms with Crippen LogP contribution >= 0.6 is 0 Å². The Bertz CT molecular complexity index is 553. The summed E-state index contributed by atoms with van der Waals surface area (Å²) < 4.78 is 0. The van der Waals surface area contributed by atoms with Gasteiger partial charge >= 0.3 is 0 Å². The lowest BCUT2D eigenvalue weighted by Crippen LogP contribution is -2.55. The number of allylic oxidation sites excluding steroid dienone is 1. The van der Waals surface area contributed by atoms with E-state index in [-0.39, 0.29) is 28.8 Å². The van der Waals surface area contributed by atoms with Gasteiger partial charge in [-0.15, -0.1) is 0 Å². The Morgan fingerprint density at radius 2 is 1.65 bits per heavy atom. The van der Waals surface area contributed by atoms with E-state index < -0.39 is 17.6 Å². The van der Waals surface area contributed by atoms with E-state index in [1.165, 1.54) is 0 Å². The van der Waals surface area contributed by atoms with Crippen LogP contribution in [0.15, 0.2) is 11.3 Å². The van der Waals surface area contributed by atoms with Crippen molar-refractivity contribution in [1.82, 2.24) is 0 Å². The van der Waals surface area contributed by atoms with Gasteiger partial charge in [-0.1, -0.05) is 48.0 Å². The summed E-state index contributed by atoms with van der Waals surface area (Å²) in [6.07, 6.45) is 3.27. The van der Waals surface area contributed by atoms with Gasteiger partial charge in [0.15, 0.2) is 11.6 Å². The highest BCUT2D eigenvalue weighted by Crippen LogP contribution is 2.43. The van der Waals surface area contributed by atoms with Crippen LogP contribution in [0.25, 0.3) is 0 Å². The maximum absolute atomic E-state index is 13.1. The zero-order chi connectivity index (χ0) is 20.2. The van der Waals surface area contributed by atoms with E-state index in [9.17, 15) is 14.7 Å². The van der Waals surface area contributed by atoms with Gasteiger partial charge in [-0.25, -0.2) is 0 Å². The molecule has 0 heterocycles. The molecule has 0 aromatic carbocycles. The maximum Gasteiger partial charge on any atom is 0.174 e. The van der Waals surface area contributed by atoms with Crippen molar-refractivity contribution in [3.05, 3.63) is 11.3 Å². The Labute approximate surface area is 158 Å². The number of nitrogens with two attached hydrogens (primary N) is 2. The first kappa shape index (κ1) is 22.8. The van der Waals surface area contributed by atoms with Gasteiger partial charge < -0.3 is 16.6 Å². The Kier molecular flexibility index (Phi) is 8.03. The largest absolute Gasteiger partial charge is 0.399 e. The molecule has 2 unspecified atom stereocenters. The molecule has 4 atom stereocenters. The van der Waals surface area contributed by atoms with Gasteiger partial charge in [0.2, 0.25) is 0 Å². The molecule has 1 rings (SSSR count). The van der Waals surface area contributed by atoms with Crippen molar-refractivity contribution in [3.63, 3.8) is 0 Å². The minimum Gasteiger partial charge on any atom is -0.399 e.